The van der Waals surface area contributed by atoms with Crippen LogP contribution in [0.25, 0.3) is 0 Å². The third-order valence-corrected chi connectivity index (χ3v) is 5.05. The summed E-state index contributed by atoms with van der Waals surface area (Å²) in [6, 6.07) is 13.8. The fourth-order valence-electron chi connectivity index (χ4n) is 2.32. The number of nitrogens with one attached hydrogen (secondary N) is 1. The van der Waals surface area contributed by atoms with E-state index in [9.17, 15) is 9.18 Å². The molecule has 0 spiro atoms. The summed E-state index contributed by atoms with van der Waals surface area (Å²) in [6.45, 7) is 2.07. The maximum atomic E-state index is 13.0. The van der Waals surface area contributed by atoms with Crippen LogP contribution in [0, 0.1) is 5.82 Å². The van der Waals surface area contributed by atoms with Crippen LogP contribution in [0.4, 0.5) is 10.1 Å². The second kappa shape index (κ2) is 8.97. The van der Waals surface area contributed by atoms with E-state index in [1.54, 1.807) is 12.1 Å². The first-order chi connectivity index (χ1) is 13.0. The van der Waals surface area contributed by atoms with Crippen molar-refractivity contribution in [3.8, 4) is 0 Å². The van der Waals surface area contributed by atoms with E-state index in [2.05, 4.69) is 22.2 Å². The van der Waals surface area contributed by atoms with Gasteiger partial charge in [-0.25, -0.2) is 14.4 Å². The molecule has 1 heterocycles. The van der Waals surface area contributed by atoms with E-state index in [0.717, 1.165) is 12.0 Å². The van der Waals surface area contributed by atoms with Crippen molar-refractivity contribution in [1.29, 1.82) is 0 Å². The Balaban J connectivity index is 1.69. The average molecular weight is 402 g/mol. The Labute approximate surface area is 166 Å². The van der Waals surface area contributed by atoms with E-state index in [4.69, 9.17) is 11.6 Å². The van der Waals surface area contributed by atoms with E-state index in [0.29, 0.717) is 16.6 Å². The zero-order chi connectivity index (χ0) is 19.2. The van der Waals surface area contributed by atoms with Crippen molar-refractivity contribution in [2.24, 2.45) is 0 Å². The largest absolute Gasteiger partial charge is 0.321 e. The lowest BCUT2D eigenvalue weighted by atomic mass is 10.1. The van der Waals surface area contributed by atoms with Crippen LogP contribution in [0.15, 0.2) is 59.9 Å². The van der Waals surface area contributed by atoms with Gasteiger partial charge in [-0.2, -0.15) is 0 Å². The van der Waals surface area contributed by atoms with Gasteiger partial charge in [0.15, 0.2) is 10.9 Å². The summed E-state index contributed by atoms with van der Waals surface area (Å²) in [4.78, 5) is 20.9. The molecule has 0 saturated carbocycles. The lowest BCUT2D eigenvalue weighted by Gasteiger charge is -2.08. The monoisotopic (exact) mass is 401 g/mol. The number of hydrogen-bond donors (Lipinski definition) is 1. The number of hydrogen-bond acceptors (Lipinski definition) is 4. The maximum absolute atomic E-state index is 13.0. The quantitative estimate of drug-likeness (QED) is 0.445. The highest BCUT2D eigenvalue weighted by Crippen LogP contribution is 2.23. The highest BCUT2D eigenvalue weighted by Gasteiger charge is 2.15. The van der Waals surface area contributed by atoms with Crippen LogP contribution < -0.4 is 5.32 Å². The third kappa shape index (κ3) is 5.28. The van der Waals surface area contributed by atoms with Crippen molar-refractivity contribution in [1.82, 2.24) is 9.97 Å². The second-order valence-corrected chi connectivity index (χ2v) is 7.12. The van der Waals surface area contributed by atoms with Gasteiger partial charge in [-0.15, -0.1) is 0 Å². The molecule has 0 fully saturated rings. The van der Waals surface area contributed by atoms with Crippen LogP contribution in [0.2, 0.25) is 5.02 Å². The molecular formula is C20H17ClFN3OS. The zero-order valence-corrected chi connectivity index (χ0v) is 16.1. The minimum absolute atomic E-state index is 0.118. The van der Waals surface area contributed by atoms with Gasteiger partial charge in [0, 0.05) is 11.4 Å². The topological polar surface area (TPSA) is 54.9 Å². The van der Waals surface area contributed by atoms with Gasteiger partial charge < -0.3 is 5.32 Å². The number of rotatable bonds is 6. The Morgan fingerprint density at radius 3 is 2.44 bits per heavy atom. The molecule has 1 aromatic heterocycles. The van der Waals surface area contributed by atoms with E-state index in [1.165, 1.54) is 35.7 Å². The minimum atomic E-state index is -0.393. The van der Waals surface area contributed by atoms with Crippen LogP contribution in [-0.4, -0.2) is 15.9 Å². The molecule has 0 unspecified atom stereocenters. The predicted octanol–water partition coefficient (Wildman–Crippen LogP) is 5.38. The number of thioether (sulfide) groups is 1. The molecule has 138 valence electrons. The fraction of sp³-hybridized carbons (Fsp3) is 0.150. The van der Waals surface area contributed by atoms with Crippen LogP contribution in [0.1, 0.15) is 28.5 Å². The Morgan fingerprint density at radius 2 is 1.78 bits per heavy atom. The van der Waals surface area contributed by atoms with Gasteiger partial charge in [-0.3, -0.25) is 4.79 Å². The number of halogens is 2. The van der Waals surface area contributed by atoms with Crippen LogP contribution >= 0.6 is 23.4 Å². The van der Waals surface area contributed by atoms with Crippen LogP contribution in [0.3, 0.4) is 0 Å². The fourth-order valence-corrected chi connectivity index (χ4v) is 3.27. The minimum Gasteiger partial charge on any atom is -0.321 e. The molecule has 27 heavy (non-hydrogen) atoms. The number of aryl methyl sites for hydroxylation is 1. The van der Waals surface area contributed by atoms with Gasteiger partial charge in [0.25, 0.3) is 5.91 Å². The predicted molar refractivity (Wildman–Crippen MR) is 107 cm³/mol. The van der Waals surface area contributed by atoms with Crippen molar-refractivity contribution >= 4 is 35.0 Å². The molecule has 2 aromatic carbocycles. The normalized spacial score (nSPS) is 10.6. The number of benzene rings is 2. The van der Waals surface area contributed by atoms with Crippen LogP contribution in [-0.2, 0) is 12.2 Å². The number of amides is 1. The van der Waals surface area contributed by atoms with Crippen LogP contribution in [0.5, 0.6) is 0 Å². The molecule has 3 rings (SSSR count). The molecule has 0 atom stereocenters. The molecule has 3 aromatic rings. The van der Waals surface area contributed by atoms with Gasteiger partial charge in [-0.1, -0.05) is 54.6 Å². The van der Waals surface area contributed by atoms with E-state index in [1.807, 2.05) is 24.3 Å². The van der Waals surface area contributed by atoms with Gasteiger partial charge in [0.1, 0.15) is 5.82 Å². The van der Waals surface area contributed by atoms with Gasteiger partial charge in [0.05, 0.1) is 11.2 Å². The summed E-state index contributed by atoms with van der Waals surface area (Å²) in [7, 11) is 0. The Kier molecular flexibility index (Phi) is 6.42. The summed E-state index contributed by atoms with van der Waals surface area (Å²) >= 11 is 7.45. The second-order valence-electron chi connectivity index (χ2n) is 5.77. The molecular weight excluding hydrogens is 385 g/mol. The lowest BCUT2D eigenvalue weighted by molar-refractivity contribution is 0.102. The molecule has 1 N–H and O–H groups in total. The van der Waals surface area contributed by atoms with E-state index in [-0.39, 0.29) is 16.5 Å². The zero-order valence-electron chi connectivity index (χ0n) is 14.6. The van der Waals surface area contributed by atoms with E-state index < -0.39 is 5.91 Å². The standard InChI is InChI=1S/C20H17ClFN3OS/c1-2-13-5-9-16(10-6-13)24-19(26)18-17(21)11-23-20(25-18)27-12-14-3-7-15(22)8-4-14/h3-11H,2,12H2,1H3,(H,24,26). The smallest absolute Gasteiger partial charge is 0.275 e. The molecule has 0 bridgehead atoms. The first-order valence-electron chi connectivity index (χ1n) is 8.35. The molecule has 0 aliphatic rings. The Hall–Kier alpha value is -2.44. The van der Waals surface area contributed by atoms with Gasteiger partial charge in [0.2, 0.25) is 0 Å². The average Bonchev–Trinajstić information content (AvgIpc) is 2.69. The molecule has 0 radical (unpaired) electrons. The SMILES string of the molecule is CCc1ccc(NC(=O)c2nc(SCc3ccc(F)cc3)ncc2Cl)cc1. The summed E-state index contributed by atoms with van der Waals surface area (Å²) < 4.78 is 13.0. The Morgan fingerprint density at radius 1 is 1.11 bits per heavy atom. The highest BCUT2D eigenvalue weighted by atomic mass is 35.5. The molecule has 0 aliphatic carbocycles. The summed E-state index contributed by atoms with van der Waals surface area (Å²) in [5.74, 6) is -0.116. The molecule has 0 saturated heterocycles. The van der Waals surface area contributed by atoms with Gasteiger partial charge >= 0.3 is 0 Å². The first-order valence-corrected chi connectivity index (χ1v) is 9.71. The molecule has 7 heteroatoms. The molecule has 0 aliphatic heterocycles. The van der Waals surface area contributed by atoms with Crippen molar-refractivity contribution in [3.63, 3.8) is 0 Å². The van der Waals surface area contributed by atoms with Crippen molar-refractivity contribution < 1.29 is 9.18 Å². The number of nitrogens with zero attached hydrogens (tertiary/aromatic N) is 2. The van der Waals surface area contributed by atoms with Gasteiger partial charge in [-0.05, 0) is 41.8 Å². The summed E-state index contributed by atoms with van der Waals surface area (Å²) in [5, 5.41) is 3.40. The van der Waals surface area contributed by atoms with Crippen molar-refractivity contribution in [2.75, 3.05) is 5.32 Å². The molecule has 4 nitrogen and oxygen atoms in total. The lowest BCUT2D eigenvalue weighted by Crippen LogP contribution is -2.15. The highest BCUT2D eigenvalue weighted by molar-refractivity contribution is 7.98. The van der Waals surface area contributed by atoms with Crippen molar-refractivity contribution in [3.05, 3.63) is 82.4 Å². The summed E-state index contributed by atoms with van der Waals surface area (Å²) in [5.41, 5.74) is 2.91. The number of anilines is 1. The van der Waals surface area contributed by atoms with Crippen molar-refractivity contribution in [2.45, 2.75) is 24.3 Å². The third-order valence-electron chi connectivity index (χ3n) is 3.84. The number of carbonyl (C=O) groups is 1. The van der Waals surface area contributed by atoms with E-state index >= 15 is 0 Å². The molecule has 1 amide bonds. The number of aromatic nitrogens is 2. The first kappa shape index (κ1) is 19.3. The number of carbonyl (C=O) groups excluding carboxylic acids is 1. The maximum Gasteiger partial charge on any atom is 0.275 e. The summed E-state index contributed by atoms with van der Waals surface area (Å²) in [6.07, 6.45) is 2.34. The Bertz CT molecular complexity index is 933.